The minimum absolute atomic E-state index is 0.525. The molecule has 1 atom stereocenters. The van der Waals surface area contributed by atoms with E-state index in [1.807, 2.05) is 25.4 Å². The Labute approximate surface area is 92.3 Å². The number of hydrogen-bond donors (Lipinski definition) is 2. The van der Waals surface area contributed by atoms with Crippen LogP contribution in [0.1, 0.15) is 33.1 Å². The van der Waals surface area contributed by atoms with Crippen molar-refractivity contribution in [3.63, 3.8) is 0 Å². The largest absolute Gasteiger partial charge is 0.382 e. The van der Waals surface area contributed by atoms with Gasteiger partial charge in [-0.1, -0.05) is 19.8 Å². The van der Waals surface area contributed by atoms with E-state index in [0.717, 1.165) is 11.5 Å². The molecule has 1 aromatic heterocycles. The van der Waals surface area contributed by atoms with E-state index in [2.05, 4.69) is 29.5 Å². The lowest BCUT2D eigenvalue weighted by atomic mass is 10.1. The van der Waals surface area contributed by atoms with Crippen LogP contribution >= 0.6 is 0 Å². The van der Waals surface area contributed by atoms with Gasteiger partial charge in [0.2, 0.25) is 0 Å². The second-order valence-corrected chi connectivity index (χ2v) is 3.87. The average molecular weight is 207 g/mol. The van der Waals surface area contributed by atoms with Crippen molar-refractivity contribution in [2.75, 3.05) is 17.7 Å². The van der Waals surface area contributed by atoms with Crippen LogP contribution in [0.4, 0.5) is 11.5 Å². The standard InChI is InChI=1S/C12H21N3/c1-4-5-6-10(2)15-11-7-8-14-12(9-11)13-3/h7-10H,4-6H2,1-3H3,(H2,13,14,15). The third-order valence-corrected chi connectivity index (χ3v) is 2.42. The van der Waals surface area contributed by atoms with Gasteiger partial charge in [-0.15, -0.1) is 0 Å². The second kappa shape index (κ2) is 6.27. The van der Waals surface area contributed by atoms with Crippen molar-refractivity contribution in [2.24, 2.45) is 0 Å². The molecular formula is C12H21N3. The number of nitrogens with zero attached hydrogens (tertiary/aromatic N) is 1. The smallest absolute Gasteiger partial charge is 0.127 e. The van der Waals surface area contributed by atoms with Gasteiger partial charge in [-0.2, -0.15) is 0 Å². The normalized spacial score (nSPS) is 12.2. The molecule has 0 aromatic carbocycles. The number of aromatic nitrogens is 1. The lowest BCUT2D eigenvalue weighted by Gasteiger charge is -2.15. The minimum atomic E-state index is 0.525. The summed E-state index contributed by atoms with van der Waals surface area (Å²) in [5.74, 6) is 0.905. The van der Waals surface area contributed by atoms with Gasteiger partial charge in [-0.25, -0.2) is 4.98 Å². The third kappa shape index (κ3) is 4.19. The fourth-order valence-electron chi connectivity index (χ4n) is 1.52. The molecule has 0 aliphatic rings. The van der Waals surface area contributed by atoms with Crippen LogP contribution in [0.15, 0.2) is 18.3 Å². The van der Waals surface area contributed by atoms with E-state index in [1.165, 1.54) is 19.3 Å². The molecule has 1 aromatic rings. The maximum Gasteiger partial charge on any atom is 0.127 e. The van der Waals surface area contributed by atoms with E-state index in [4.69, 9.17) is 0 Å². The fraction of sp³-hybridized carbons (Fsp3) is 0.583. The minimum Gasteiger partial charge on any atom is -0.382 e. The predicted molar refractivity (Wildman–Crippen MR) is 66.4 cm³/mol. The Morgan fingerprint density at radius 2 is 2.27 bits per heavy atom. The van der Waals surface area contributed by atoms with Gasteiger partial charge >= 0.3 is 0 Å². The summed E-state index contributed by atoms with van der Waals surface area (Å²) in [5.41, 5.74) is 1.14. The van der Waals surface area contributed by atoms with E-state index < -0.39 is 0 Å². The summed E-state index contributed by atoms with van der Waals surface area (Å²) in [5, 5.41) is 6.50. The van der Waals surface area contributed by atoms with Crippen LogP contribution in [-0.2, 0) is 0 Å². The summed E-state index contributed by atoms with van der Waals surface area (Å²) < 4.78 is 0. The van der Waals surface area contributed by atoms with Gasteiger partial charge in [0.05, 0.1) is 0 Å². The summed E-state index contributed by atoms with van der Waals surface area (Å²) in [6.07, 6.45) is 5.57. The quantitative estimate of drug-likeness (QED) is 0.752. The highest BCUT2D eigenvalue weighted by molar-refractivity contribution is 5.51. The average Bonchev–Trinajstić information content (AvgIpc) is 2.26. The van der Waals surface area contributed by atoms with Crippen molar-refractivity contribution in [2.45, 2.75) is 39.2 Å². The zero-order chi connectivity index (χ0) is 11.1. The maximum absolute atomic E-state index is 4.18. The van der Waals surface area contributed by atoms with Gasteiger partial charge in [0, 0.05) is 31.0 Å². The summed E-state index contributed by atoms with van der Waals surface area (Å²) in [6.45, 7) is 4.44. The number of nitrogens with one attached hydrogen (secondary N) is 2. The first-order valence-electron chi connectivity index (χ1n) is 5.66. The first-order valence-corrected chi connectivity index (χ1v) is 5.66. The van der Waals surface area contributed by atoms with Crippen molar-refractivity contribution < 1.29 is 0 Å². The molecule has 3 nitrogen and oxygen atoms in total. The van der Waals surface area contributed by atoms with Crippen LogP contribution in [0.5, 0.6) is 0 Å². The topological polar surface area (TPSA) is 37.0 Å². The summed E-state index contributed by atoms with van der Waals surface area (Å²) in [7, 11) is 1.88. The van der Waals surface area contributed by atoms with Gasteiger partial charge in [0.1, 0.15) is 5.82 Å². The lowest BCUT2D eigenvalue weighted by molar-refractivity contribution is 0.645. The Morgan fingerprint density at radius 3 is 2.93 bits per heavy atom. The van der Waals surface area contributed by atoms with E-state index in [0.29, 0.717) is 6.04 Å². The Hall–Kier alpha value is -1.25. The molecule has 1 rings (SSSR count). The SMILES string of the molecule is CCCCC(C)Nc1ccnc(NC)c1. The first-order chi connectivity index (χ1) is 7.26. The molecule has 0 radical (unpaired) electrons. The Balaban J connectivity index is 2.48. The molecule has 3 heteroatoms. The van der Waals surface area contributed by atoms with Crippen LogP contribution in [0.2, 0.25) is 0 Å². The number of anilines is 2. The number of pyridine rings is 1. The predicted octanol–water partition coefficient (Wildman–Crippen LogP) is 3.11. The van der Waals surface area contributed by atoms with Crippen LogP contribution in [0.3, 0.4) is 0 Å². The third-order valence-electron chi connectivity index (χ3n) is 2.42. The lowest BCUT2D eigenvalue weighted by Crippen LogP contribution is -2.14. The Kier molecular flexibility index (Phi) is 4.95. The zero-order valence-corrected chi connectivity index (χ0v) is 9.88. The van der Waals surface area contributed by atoms with Crippen LogP contribution in [-0.4, -0.2) is 18.1 Å². The highest BCUT2D eigenvalue weighted by Gasteiger charge is 2.01. The molecule has 1 unspecified atom stereocenters. The van der Waals surface area contributed by atoms with Crippen molar-refractivity contribution in [1.29, 1.82) is 0 Å². The monoisotopic (exact) mass is 207 g/mol. The molecule has 0 aliphatic carbocycles. The first kappa shape index (κ1) is 11.8. The highest BCUT2D eigenvalue weighted by Crippen LogP contribution is 2.14. The summed E-state index contributed by atoms with van der Waals surface area (Å²) >= 11 is 0. The van der Waals surface area contributed by atoms with Crippen molar-refractivity contribution in [1.82, 2.24) is 4.98 Å². The fourth-order valence-corrected chi connectivity index (χ4v) is 1.52. The molecule has 1 heterocycles. The maximum atomic E-state index is 4.18. The summed E-state index contributed by atoms with van der Waals surface area (Å²) in [4.78, 5) is 4.18. The van der Waals surface area contributed by atoms with Crippen molar-refractivity contribution in [3.8, 4) is 0 Å². The molecule has 0 amide bonds. The molecule has 0 fully saturated rings. The van der Waals surface area contributed by atoms with E-state index in [-0.39, 0.29) is 0 Å². The Bertz CT molecular complexity index is 286. The molecule has 0 spiro atoms. The summed E-state index contributed by atoms with van der Waals surface area (Å²) in [6, 6.07) is 4.56. The number of hydrogen-bond acceptors (Lipinski definition) is 3. The van der Waals surface area contributed by atoms with E-state index in [9.17, 15) is 0 Å². The van der Waals surface area contributed by atoms with Crippen LogP contribution < -0.4 is 10.6 Å². The molecule has 0 saturated carbocycles. The zero-order valence-electron chi connectivity index (χ0n) is 9.88. The van der Waals surface area contributed by atoms with Gasteiger partial charge in [-0.3, -0.25) is 0 Å². The number of rotatable bonds is 6. The van der Waals surface area contributed by atoms with Crippen LogP contribution in [0.25, 0.3) is 0 Å². The van der Waals surface area contributed by atoms with E-state index >= 15 is 0 Å². The van der Waals surface area contributed by atoms with Gasteiger partial charge in [0.15, 0.2) is 0 Å². The Morgan fingerprint density at radius 1 is 1.47 bits per heavy atom. The van der Waals surface area contributed by atoms with Crippen molar-refractivity contribution >= 4 is 11.5 Å². The molecule has 0 bridgehead atoms. The van der Waals surface area contributed by atoms with E-state index in [1.54, 1.807) is 0 Å². The van der Waals surface area contributed by atoms with Crippen molar-refractivity contribution in [3.05, 3.63) is 18.3 Å². The molecule has 0 saturated heterocycles. The molecule has 2 N–H and O–H groups in total. The molecule has 0 aliphatic heterocycles. The van der Waals surface area contributed by atoms with Gasteiger partial charge < -0.3 is 10.6 Å². The highest BCUT2D eigenvalue weighted by atomic mass is 15.0. The van der Waals surface area contributed by atoms with Crippen LogP contribution in [0, 0.1) is 0 Å². The molecule has 15 heavy (non-hydrogen) atoms. The molecular weight excluding hydrogens is 186 g/mol. The van der Waals surface area contributed by atoms with Gasteiger partial charge in [0.25, 0.3) is 0 Å². The molecule has 84 valence electrons. The van der Waals surface area contributed by atoms with Gasteiger partial charge in [-0.05, 0) is 19.4 Å². The second-order valence-electron chi connectivity index (χ2n) is 3.87. The number of unbranched alkanes of at least 4 members (excludes halogenated alkanes) is 1.